The van der Waals surface area contributed by atoms with Crippen molar-refractivity contribution in [3.8, 4) is 0 Å². The summed E-state index contributed by atoms with van der Waals surface area (Å²) in [4.78, 5) is 0. The number of hydrogen-bond acceptors (Lipinski definition) is 2. The van der Waals surface area contributed by atoms with Gasteiger partial charge in [0.1, 0.15) is 0 Å². The van der Waals surface area contributed by atoms with E-state index in [2.05, 4.69) is 52.0 Å². The van der Waals surface area contributed by atoms with E-state index in [4.69, 9.17) is 10.0 Å². The molecule has 0 bridgehead atoms. The Morgan fingerprint density at radius 3 is 1.53 bits per heavy atom. The van der Waals surface area contributed by atoms with Crippen LogP contribution in [-0.4, -0.2) is 17.7 Å². The first kappa shape index (κ1) is 14.2. The zero-order valence-electron chi connectivity index (χ0n) is 9.94. The summed E-state index contributed by atoms with van der Waals surface area (Å²) in [6.45, 7) is 8.94. The van der Waals surface area contributed by atoms with E-state index in [0.717, 1.165) is 0 Å². The van der Waals surface area contributed by atoms with Crippen LogP contribution in [0.1, 0.15) is 50.7 Å². The van der Waals surface area contributed by atoms with Crippen molar-refractivity contribution in [2.45, 2.75) is 39.5 Å². The second-order valence-electron chi connectivity index (χ2n) is 4.09. The number of rotatable bonds is 2. The fourth-order valence-electron chi connectivity index (χ4n) is 1.28. The quantitative estimate of drug-likeness (QED) is 0.731. The normalized spacial score (nSPS) is 9.87. The molecule has 1 aromatic carbocycles. The van der Waals surface area contributed by atoms with Crippen LogP contribution in [0.3, 0.4) is 0 Å². The second-order valence-corrected chi connectivity index (χ2v) is 4.09. The van der Waals surface area contributed by atoms with E-state index in [-0.39, 0.29) is 7.69 Å². The molecule has 2 N–H and O–H groups in total. The highest BCUT2D eigenvalue weighted by Crippen LogP contribution is 2.20. The Bertz CT molecular complexity index is 249. The van der Waals surface area contributed by atoms with Crippen molar-refractivity contribution >= 4 is 7.69 Å². The lowest BCUT2D eigenvalue weighted by Gasteiger charge is -2.09. The van der Waals surface area contributed by atoms with E-state index in [1.807, 2.05) is 0 Å². The molecule has 15 heavy (non-hydrogen) atoms. The first-order valence-electron chi connectivity index (χ1n) is 5.22. The van der Waals surface area contributed by atoms with Gasteiger partial charge in [0.05, 0.1) is 0 Å². The first-order valence-corrected chi connectivity index (χ1v) is 5.22. The van der Waals surface area contributed by atoms with Crippen molar-refractivity contribution in [3.05, 3.63) is 35.4 Å². The van der Waals surface area contributed by atoms with Gasteiger partial charge in [-0.25, -0.2) is 0 Å². The smallest absolute Gasteiger partial charge is 0.429 e. The SMILES string of the molecule is CC(C)c1cccc(C(C)C)c1.O[B]O. The van der Waals surface area contributed by atoms with Crippen LogP contribution in [0, 0.1) is 0 Å². The number of benzene rings is 1. The Kier molecular flexibility index (Phi) is 7.09. The van der Waals surface area contributed by atoms with Crippen LogP contribution in [0.25, 0.3) is 0 Å². The Morgan fingerprint density at radius 1 is 0.933 bits per heavy atom. The summed E-state index contributed by atoms with van der Waals surface area (Å²) in [7, 11) is 0. The van der Waals surface area contributed by atoms with Gasteiger partial charge in [-0.05, 0) is 23.0 Å². The first-order chi connectivity index (χ1) is 7.02. The molecule has 0 spiro atoms. The molecule has 0 saturated heterocycles. The second kappa shape index (κ2) is 7.49. The van der Waals surface area contributed by atoms with Gasteiger partial charge >= 0.3 is 7.69 Å². The topological polar surface area (TPSA) is 40.5 Å². The van der Waals surface area contributed by atoms with E-state index in [1.165, 1.54) is 11.1 Å². The lowest BCUT2D eigenvalue weighted by molar-refractivity contribution is 0.448. The summed E-state index contributed by atoms with van der Waals surface area (Å²) in [5, 5.41) is 14.0. The maximum atomic E-state index is 7.00. The molecule has 2 nitrogen and oxygen atoms in total. The van der Waals surface area contributed by atoms with Gasteiger partial charge in [-0.2, -0.15) is 0 Å². The molecule has 0 atom stereocenters. The van der Waals surface area contributed by atoms with Crippen molar-refractivity contribution in [1.29, 1.82) is 0 Å². The summed E-state index contributed by atoms with van der Waals surface area (Å²) >= 11 is 0. The molecule has 0 heterocycles. The maximum absolute atomic E-state index is 7.00. The molecule has 0 unspecified atom stereocenters. The number of hydrogen-bond donors (Lipinski definition) is 2. The van der Waals surface area contributed by atoms with E-state index in [1.54, 1.807) is 0 Å². The van der Waals surface area contributed by atoms with Crippen LogP contribution in [0.2, 0.25) is 0 Å². The van der Waals surface area contributed by atoms with Crippen molar-refractivity contribution < 1.29 is 10.0 Å². The molecule has 1 rings (SSSR count). The monoisotopic (exact) mass is 207 g/mol. The minimum atomic E-state index is 0. The minimum absolute atomic E-state index is 0. The summed E-state index contributed by atoms with van der Waals surface area (Å²) in [6.07, 6.45) is 0. The Labute approximate surface area is 93.3 Å². The molecule has 1 radical (unpaired) electrons. The van der Waals surface area contributed by atoms with Gasteiger partial charge in [0.2, 0.25) is 0 Å². The average Bonchev–Trinajstić information content (AvgIpc) is 2.19. The molecular weight excluding hydrogens is 187 g/mol. The molecule has 3 heteroatoms. The van der Waals surface area contributed by atoms with Gasteiger partial charge < -0.3 is 10.0 Å². The predicted molar refractivity (Wildman–Crippen MR) is 64.8 cm³/mol. The van der Waals surface area contributed by atoms with Gasteiger partial charge in [0.15, 0.2) is 0 Å². The van der Waals surface area contributed by atoms with Crippen LogP contribution in [-0.2, 0) is 0 Å². The summed E-state index contributed by atoms with van der Waals surface area (Å²) in [5.41, 5.74) is 2.89. The van der Waals surface area contributed by atoms with Crippen LogP contribution in [0.15, 0.2) is 24.3 Å². The maximum Gasteiger partial charge on any atom is 0.482 e. The van der Waals surface area contributed by atoms with Gasteiger partial charge in [0.25, 0.3) is 0 Å². The highest BCUT2D eigenvalue weighted by molar-refractivity contribution is 6.13. The average molecular weight is 207 g/mol. The molecule has 0 fully saturated rings. The van der Waals surface area contributed by atoms with Crippen LogP contribution >= 0.6 is 0 Å². The molecule has 0 aliphatic rings. The fraction of sp³-hybridized carbons (Fsp3) is 0.500. The Hall–Kier alpha value is -0.795. The summed E-state index contributed by atoms with van der Waals surface area (Å²) in [6, 6.07) is 8.88. The summed E-state index contributed by atoms with van der Waals surface area (Å²) < 4.78 is 0. The zero-order valence-corrected chi connectivity index (χ0v) is 9.94. The molecule has 1 aromatic rings. The van der Waals surface area contributed by atoms with E-state index in [9.17, 15) is 0 Å². The third-order valence-corrected chi connectivity index (χ3v) is 2.24. The molecule has 0 saturated carbocycles. The summed E-state index contributed by atoms with van der Waals surface area (Å²) in [5.74, 6) is 1.28. The van der Waals surface area contributed by atoms with E-state index < -0.39 is 0 Å². The van der Waals surface area contributed by atoms with Crippen LogP contribution < -0.4 is 0 Å². The van der Waals surface area contributed by atoms with Crippen molar-refractivity contribution in [1.82, 2.24) is 0 Å². The van der Waals surface area contributed by atoms with E-state index in [0.29, 0.717) is 11.8 Å². The highest BCUT2D eigenvalue weighted by atomic mass is 16.4. The van der Waals surface area contributed by atoms with Crippen molar-refractivity contribution in [2.75, 3.05) is 0 Å². The minimum Gasteiger partial charge on any atom is -0.429 e. The lowest BCUT2D eigenvalue weighted by atomic mass is 9.96. The van der Waals surface area contributed by atoms with E-state index >= 15 is 0 Å². The van der Waals surface area contributed by atoms with Crippen molar-refractivity contribution in [3.63, 3.8) is 0 Å². The molecule has 0 aliphatic carbocycles. The lowest BCUT2D eigenvalue weighted by Crippen LogP contribution is -1.91. The molecular formula is C12H20BO2. The molecule has 83 valence electrons. The fourth-order valence-corrected chi connectivity index (χ4v) is 1.28. The van der Waals surface area contributed by atoms with Gasteiger partial charge in [-0.15, -0.1) is 0 Å². The molecule has 0 amide bonds. The Balaban J connectivity index is 0.000000583. The van der Waals surface area contributed by atoms with Crippen LogP contribution in [0.4, 0.5) is 0 Å². The third-order valence-electron chi connectivity index (χ3n) is 2.24. The largest absolute Gasteiger partial charge is 0.482 e. The Morgan fingerprint density at radius 2 is 1.27 bits per heavy atom. The van der Waals surface area contributed by atoms with Gasteiger partial charge in [-0.1, -0.05) is 52.0 Å². The molecule has 0 aliphatic heterocycles. The van der Waals surface area contributed by atoms with Gasteiger partial charge in [0, 0.05) is 0 Å². The third kappa shape index (κ3) is 5.60. The van der Waals surface area contributed by atoms with Crippen molar-refractivity contribution in [2.24, 2.45) is 0 Å². The molecule has 0 aromatic heterocycles. The van der Waals surface area contributed by atoms with Gasteiger partial charge in [-0.3, -0.25) is 0 Å². The highest BCUT2D eigenvalue weighted by Gasteiger charge is 2.02. The zero-order chi connectivity index (χ0) is 11.8. The predicted octanol–water partition coefficient (Wildman–Crippen LogP) is 2.44. The van der Waals surface area contributed by atoms with Crippen LogP contribution in [0.5, 0.6) is 0 Å². The standard InChI is InChI=1S/C12H18.BH2O2/c1-9(2)11-6-5-7-12(8-11)10(3)4;2-1-3/h5-10H,1-4H3;2-3H.